The number of ketones is 1. The first-order chi connectivity index (χ1) is 5.81. The van der Waals surface area contributed by atoms with Gasteiger partial charge in [-0.3, -0.25) is 4.79 Å². The van der Waals surface area contributed by atoms with Crippen LogP contribution in [0.2, 0.25) is 0 Å². The van der Waals surface area contributed by atoms with Crippen LogP contribution in [-0.2, 0) is 4.79 Å². The maximum Gasteiger partial charge on any atom is 0.133 e. The molecule has 1 N–H and O–H groups in total. The quantitative estimate of drug-likeness (QED) is 0.630. The lowest BCUT2D eigenvalue weighted by Crippen LogP contribution is -2.33. The first kappa shape index (κ1) is 12.6. The van der Waals surface area contributed by atoms with Crippen molar-refractivity contribution >= 4 is 5.78 Å². The average Bonchev–Trinajstić information content (AvgIpc) is 1.82. The van der Waals surface area contributed by atoms with Gasteiger partial charge in [-0.1, -0.05) is 27.7 Å². The van der Waals surface area contributed by atoms with E-state index in [4.69, 9.17) is 5.11 Å². The molecule has 0 aliphatic heterocycles. The van der Waals surface area contributed by atoms with Crippen molar-refractivity contribution in [3.8, 4) is 0 Å². The Morgan fingerprint density at radius 2 is 1.31 bits per heavy atom. The van der Waals surface area contributed by atoms with Crippen molar-refractivity contribution in [2.75, 3.05) is 7.11 Å². The summed E-state index contributed by atoms with van der Waals surface area (Å²) < 4.78 is 0. The highest BCUT2D eigenvalue weighted by Crippen LogP contribution is 2.43. The maximum atomic E-state index is 11.3. The van der Waals surface area contributed by atoms with E-state index in [1.165, 1.54) is 6.42 Å². The number of hydrogen-bond acceptors (Lipinski definition) is 2. The van der Waals surface area contributed by atoms with E-state index in [1.54, 1.807) is 0 Å². The molecule has 2 nitrogen and oxygen atoms in total. The molecule has 0 radical (unpaired) electrons. The lowest BCUT2D eigenvalue weighted by molar-refractivity contribution is -0.127. The van der Waals surface area contributed by atoms with E-state index in [0.717, 1.165) is 20.0 Å². The van der Waals surface area contributed by atoms with Gasteiger partial charge in [0.1, 0.15) is 5.78 Å². The molecular formula is C11H22O2. The zero-order valence-electron chi connectivity index (χ0n) is 9.48. The minimum absolute atomic E-state index is 0.235. The number of carbonyl (C=O) groups excluding carboxylic acids is 1. The fourth-order valence-electron chi connectivity index (χ4n) is 2.55. The molecule has 1 aliphatic rings. The van der Waals surface area contributed by atoms with Gasteiger partial charge in [0, 0.05) is 20.0 Å². The summed E-state index contributed by atoms with van der Waals surface area (Å²) in [5.41, 5.74) is 0.470. The Balaban J connectivity index is 0.000000671. The molecule has 1 saturated carbocycles. The summed E-state index contributed by atoms with van der Waals surface area (Å²) in [6, 6.07) is 0. The predicted molar refractivity (Wildman–Crippen MR) is 54.6 cm³/mol. The lowest BCUT2D eigenvalue weighted by Gasteiger charge is -2.39. The first-order valence-electron chi connectivity index (χ1n) is 4.77. The summed E-state index contributed by atoms with van der Waals surface area (Å²) >= 11 is 0. The van der Waals surface area contributed by atoms with Gasteiger partial charge in [0.05, 0.1) is 0 Å². The molecule has 0 spiro atoms. The topological polar surface area (TPSA) is 37.3 Å². The van der Waals surface area contributed by atoms with E-state index in [0.29, 0.717) is 5.78 Å². The molecular weight excluding hydrogens is 164 g/mol. The Morgan fingerprint density at radius 1 is 1.00 bits per heavy atom. The Labute approximate surface area is 81.3 Å². The van der Waals surface area contributed by atoms with Crippen LogP contribution in [0, 0.1) is 10.8 Å². The van der Waals surface area contributed by atoms with Gasteiger partial charge in [0.15, 0.2) is 0 Å². The fraction of sp³-hybridized carbons (Fsp3) is 0.909. The van der Waals surface area contributed by atoms with Crippen molar-refractivity contribution < 1.29 is 9.90 Å². The highest BCUT2D eigenvalue weighted by Gasteiger charge is 2.37. The highest BCUT2D eigenvalue weighted by atomic mass is 16.2. The number of rotatable bonds is 0. The van der Waals surface area contributed by atoms with Crippen LogP contribution in [0.1, 0.15) is 47.0 Å². The number of aliphatic hydroxyl groups excluding tert-OH is 1. The molecule has 0 unspecified atom stereocenters. The van der Waals surface area contributed by atoms with Gasteiger partial charge in [-0.2, -0.15) is 0 Å². The molecule has 0 bridgehead atoms. The second-order valence-corrected chi connectivity index (χ2v) is 5.40. The van der Waals surface area contributed by atoms with Crippen LogP contribution in [0.4, 0.5) is 0 Å². The number of carbonyl (C=O) groups is 1. The van der Waals surface area contributed by atoms with E-state index in [9.17, 15) is 4.79 Å². The summed E-state index contributed by atoms with van der Waals surface area (Å²) in [5.74, 6) is 0.436. The van der Waals surface area contributed by atoms with Gasteiger partial charge in [0.25, 0.3) is 0 Å². The second-order valence-electron chi connectivity index (χ2n) is 5.40. The Hall–Kier alpha value is -0.370. The first-order valence-corrected chi connectivity index (χ1v) is 4.77. The van der Waals surface area contributed by atoms with Gasteiger partial charge in [0.2, 0.25) is 0 Å². The van der Waals surface area contributed by atoms with Gasteiger partial charge < -0.3 is 5.11 Å². The summed E-state index contributed by atoms with van der Waals surface area (Å²) in [7, 11) is 1.00. The third-order valence-electron chi connectivity index (χ3n) is 2.31. The van der Waals surface area contributed by atoms with Crippen LogP contribution >= 0.6 is 0 Å². The summed E-state index contributed by atoms with van der Waals surface area (Å²) in [4.78, 5) is 11.3. The smallest absolute Gasteiger partial charge is 0.133 e. The Kier molecular flexibility index (Phi) is 4.11. The van der Waals surface area contributed by atoms with Crippen LogP contribution in [0.25, 0.3) is 0 Å². The van der Waals surface area contributed by atoms with E-state index >= 15 is 0 Å². The summed E-state index contributed by atoms with van der Waals surface area (Å²) in [5, 5.41) is 7.00. The van der Waals surface area contributed by atoms with Gasteiger partial charge >= 0.3 is 0 Å². The second kappa shape index (κ2) is 4.23. The third kappa shape index (κ3) is 4.41. The van der Waals surface area contributed by atoms with E-state index in [-0.39, 0.29) is 10.8 Å². The molecule has 2 heteroatoms. The monoisotopic (exact) mass is 186 g/mol. The lowest BCUT2D eigenvalue weighted by atomic mass is 9.65. The van der Waals surface area contributed by atoms with Gasteiger partial charge in [-0.05, 0) is 17.3 Å². The zero-order valence-corrected chi connectivity index (χ0v) is 9.48. The fourth-order valence-corrected chi connectivity index (χ4v) is 2.55. The molecule has 0 aromatic heterocycles. The number of Topliss-reactive ketones (excluding diaryl/α,β-unsaturated/α-hetero) is 1. The van der Waals surface area contributed by atoms with Gasteiger partial charge in [-0.25, -0.2) is 0 Å². The Bertz CT molecular complexity index is 163. The maximum absolute atomic E-state index is 11.3. The van der Waals surface area contributed by atoms with Crippen LogP contribution in [0.3, 0.4) is 0 Å². The standard InChI is InChI=1S/C10H18O.CH4O/c1-9(2)5-8(11)6-10(3,4)7-9;1-2/h5-7H2,1-4H3;2H,1H3. The normalized spacial score (nSPS) is 24.6. The summed E-state index contributed by atoms with van der Waals surface area (Å²) in [6.07, 6.45) is 2.72. The van der Waals surface area contributed by atoms with Crippen LogP contribution < -0.4 is 0 Å². The van der Waals surface area contributed by atoms with Crippen LogP contribution in [-0.4, -0.2) is 18.0 Å². The van der Waals surface area contributed by atoms with E-state index in [1.807, 2.05) is 0 Å². The van der Waals surface area contributed by atoms with Crippen LogP contribution in [0.15, 0.2) is 0 Å². The van der Waals surface area contributed by atoms with Gasteiger partial charge in [-0.15, -0.1) is 0 Å². The van der Waals surface area contributed by atoms with E-state index in [2.05, 4.69) is 27.7 Å². The summed E-state index contributed by atoms with van der Waals surface area (Å²) in [6.45, 7) is 8.75. The van der Waals surface area contributed by atoms with E-state index < -0.39 is 0 Å². The Morgan fingerprint density at radius 3 is 1.54 bits per heavy atom. The van der Waals surface area contributed by atoms with Crippen molar-refractivity contribution in [3.05, 3.63) is 0 Å². The zero-order chi connectivity index (χ0) is 10.7. The minimum atomic E-state index is 0.235. The molecule has 0 heterocycles. The largest absolute Gasteiger partial charge is 0.400 e. The number of aliphatic hydroxyl groups is 1. The molecule has 1 rings (SSSR count). The third-order valence-corrected chi connectivity index (χ3v) is 2.31. The highest BCUT2D eigenvalue weighted by molar-refractivity contribution is 5.80. The van der Waals surface area contributed by atoms with Crippen molar-refractivity contribution in [3.63, 3.8) is 0 Å². The van der Waals surface area contributed by atoms with Crippen molar-refractivity contribution in [2.24, 2.45) is 10.8 Å². The predicted octanol–water partition coefficient (Wildman–Crippen LogP) is 2.40. The van der Waals surface area contributed by atoms with Crippen LogP contribution in [0.5, 0.6) is 0 Å². The molecule has 0 saturated heterocycles. The molecule has 0 aromatic rings. The molecule has 0 atom stereocenters. The van der Waals surface area contributed by atoms with Crippen molar-refractivity contribution in [1.82, 2.24) is 0 Å². The SMILES string of the molecule is CC1(C)CC(=O)CC(C)(C)C1.CO. The minimum Gasteiger partial charge on any atom is -0.400 e. The number of hydrogen-bond donors (Lipinski definition) is 1. The molecule has 1 fully saturated rings. The van der Waals surface area contributed by atoms with Crippen molar-refractivity contribution in [2.45, 2.75) is 47.0 Å². The molecule has 1 aliphatic carbocycles. The van der Waals surface area contributed by atoms with Crippen molar-refractivity contribution in [1.29, 1.82) is 0 Å². The average molecular weight is 186 g/mol. The molecule has 78 valence electrons. The molecule has 0 aromatic carbocycles. The molecule has 13 heavy (non-hydrogen) atoms. The molecule has 0 amide bonds.